The van der Waals surface area contributed by atoms with Gasteiger partial charge >= 0.3 is 0 Å². The Hall–Kier alpha value is -2.29. The van der Waals surface area contributed by atoms with E-state index in [1.54, 1.807) is 14.2 Å². The third kappa shape index (κ3) is 6.62. The van der Waals surface area contributed by atoms with Gasteiger partial charge in [-0.15, -0.1) is 24.0 Å². The highest BCUT2D eigenvalue weighted by Crippen LogP contribution is 2.18. The summed E-state index contributed by atoms with van der Waals surface area (Å²) in [6, 6.07) is 16.3. The van der Waals surface area contributed by atoms with Crippen molar-refractivity contribution in [3.63, 3.8) is 0 Å². The number of ether oxygens (including phenoxy) is 1. The van der Waals surface area contributed by atoms with Crippen molar-refractivity contribution < 1.29 is 9.53 Å². The lowest BCUT2D eigenvalue weighted by atomic mass is 10.1. The van der Waals surface area contributed by atoms with E-state index in [9.17, 15) is 4.79 Å². The second-order valence-corrected chi connectivity index (χ2v) is 7.10. The highest BCUT2D eigenvalue weighted by molar-refractivity contribution is 14.0. The van der Waals surface area contributed by atoms with Crippen LogP contribution in [-0.2, 0) is 24.3 Å². The Morgan fingerprint density at radius 1 is 1.07 bits per heavy atom. The molecular formula is C23H31IN4O2. The van der Waals surface area contributed by atoms with Gasteiger partial charge in [-0.25, -0.2) is 0 Å². The molecule has 1 aliphatic heterocycles. The minimum atomic E-state index is 0. The number of nitrogens with zero attached hydrogens (tertiary/aromatic N) is 2. The molecule has 30 heavy (non-hydrogen) atoms. The fraction of sp³-hybridized carbons (Fsp3) is 0.391. The maximum absolute atomic E-state index is 12.0. The number of hydrogen-bond donors (Lipinski definition) is 2. The zero-order valence-corrected chi connectivity index (χ0v) is 20.0. The quantitative estimate of drug-likeness (QED) is 0.317. The summed E-state index contributed by atoms with van der Waals surface area (Å²) in [5.41, 5.74) is 3.53. The van der Waals surface area contributed by atoms with Gasteiger partial charge in [0.1, 0.15) is 5.75 Å². The fourth-order valence-corrected chi connectivity index (χ4v) is 3.59. The van der Waals surface area contributed by atoms with Gasteiger partial charge in [-0.2, -0.15) is 0 Å². The minimum absolute atomic E-state index is 0. The predicted molar refractivity (Wildman–Crippen MR) is 131 cm³/mol. The molecule has 1 fully saturated rings. The summed E-state index contributed by atoms with van der Waals surface area (Å²) in [7, 11) is 3.47. The highest BCUT2D eigenvalue weighted by Gasteiger charge is 2.20. The smallest absolute Gasteiger partial charge is 0.222 e. The minimum Gasteiger partial charge on any atom is -0.496 e. The molecule has 2 N–H and O–H groups in total. The number of guanidine groups is 1. The molecule has 1 amide bonds. The zero-order chi connectivity index (χ0) is 20.5. The molecule has 2 aromatic rings. The van der Waals surface area contributed by atoms with Crippen molar-refractivity contribution in [2.75, 3.05) is 27.2 Å². The number of benzene rings is 2. The number of carbonyl (C=O) groups excluding carboxylic acids is 1. The Balaban J connectivity index is 0.00000320. The Morgan fingerprint density at radius 3 is 2.43 bits per heavy atom. The molecule has 0 saturated carbocycles. The van der Waals surface area contributed by atoms with E-state index in [4.69, 9.17) is 4.74 Å². The van der Waals surface area contributed by atoms with E-state index >= 15 is 0 Å². The average molecular weight is 522 g/mol. The van der Waals surface area contributed by atoms with Crippen LogP contribution in [0.4, 0.5) is 0 Å². The van der Waals surface area contributed by atoms with Gasteiger partial charge in [0.05, 0.1) is 7.11 Å². The van der Waals surface area contributed by atoms with Gasteiger partial charge in [-0.3, -0.25) is 9.79 Å². The first-order valence-electron chi connectivity index (χ1n) is 10.1. The van der Waals surface area contributed by atoms with Gasteiger partial charge < -0.3 is 20.3 Å². The van der Waals surface area contributed by atoms with E-state index in [1.807, 2.05) is 35.2 Å². The molecule has 0 aliphatic carbocycles. The molecule has 6 nitrogen and oxygen atoms in total. The molecule has 0 unspecified atom stereocenters. The molecule has 0 bridgehead atoms. The average Bonchev–Trinajstić information content (AvgIpc) is 3.16. The Bertz CT molecular complexity index is 857. The molecule has 1 heterocycles. The standard InChI is InChI=1S/C23H30N4O2.HI/c1-24-23(25-14-13-18-8-5-6-11-21(18)29-2)26-16-19-9-3-4-10-20(19)17-27-15-7-12-22(27)28;/h3-6,8-11H,7,12-17H2,1-2H3,(H2,24,25,26);1H. The topological polar surface area (TPSA) is 66.0 Å². The number of carbonyl (C=O) groups is 1. The molecule has 0 radical (unpaired) electrons. The summed E-state index contributed by atoms with van der Waals surface area (Å²) in [5.74, 6) is 1.91. The molecular weight excluding hydrogens is 491 g/mol. The highest BCUT2D eigenvalue weighted by atomic mass is 127. The number of halogens is 1. The van der Waals surface area contributed by atoms with Crippen molar-refractivity contribution in [2.24, 2.45) is 4.99 Å². The third-order valence-electron chi connectivity index (χ3n) is 5.20. The molecule has 1 aliphatic rings. The zero-order valence-electron chi connectivity index (χ0n) is 17.7. The van der Waals surface area contributed by atoms with Crippen LogP contribution in [0.5, 0.6) is 5.75 Å². The largest absolute Gasteiger partial charge is 0.496 e. The molecule has 2 aromatic carbocycles. The van der Waals surface area contributed by atoms with Gasteiger partial charge in [0, 0.05) is 39.6 Å². The number of hydrogen-bond acceptors (Lipinski definition) is 3. The van der Waals surface area contributed by atoms with Gasteiger partial charge in [-0.05, 0) is 35.6 Å². The molecule has 162 valence electrons. The first-order valence-corrected chi connectivity index (χ1v) is 10.1. The van der Waals surface area contributed by atoms with Crippen molar-refractivity contribution in [3.8, 4) is 5.75 Å². The first kappa shape index (κ1) is 24.0. The Kier molecular flexibility index (Phi) is 9.93. The molecule has 0 aromatic heterocycles. The molecule has 3 rings (SSSR count). The summed E-state index contributed by atoms with van der Waals surface area (Å²) in [4.78, 5) is 18.2. The normalized spacial score (nSPS) is 13.7. The number of nitrogens with one attached hydrogen (secondary N) is 2. The lowest BCUT2D eigenvalue weighted by molar-refractivity contribution is -0.128. The number of para-hydroxylation sites is 1. The van der Waals surface area contributed by atoms with Crippen LogP contribution in [-0.4, -0.2) is 44.0 Å². The van der Waals surface area contributed by atoms with Crippen LogP contribution < -0.4 is 15.4 Å². The van der Waals surface area contributed by atoms with Gasteiger partial charge in [0.25, 0.3) is 0 Å². The van der Waals surface area contributed by atoms with Crippen LogP contribution in [0.2, 0.25) is 0 Å². The van der Waals surface area contributed by atoms with E-state index in [2.05, 4.69) is 33.8 Å². The van der Waals surface area contributed by atoms with Crippen molar-refractivity contribution in [3.05, 3.63) is 65.2 Å². The third-order valence-corrected chi connectivity index (χ3v) is 5.20. The Labute approximate surface area is 196 Å². The number of likely N-dealkylation sites (tertiary alicyclic amines) is 1. The van der Waals surface area contributed by atoms with Gasteiger partial charge in [-0.1, -0.05) is 42.5 Å². The number of amides is 1. The van der Waals surface area contributed by atoms with E-state index in [0.717, 1.165) is 37.6 Å². The summed E-state index contributed by atoms with van der Waals surface area (Å²) >= 11 is 0. The van der Waals surface area contributed by atoms with Crippen molar-refractivity contribution in [2.45, 2.75) is 32.4 Å². The summed E-state index contributed by atoms with van der Waals surface area (Å²) in [6.45, 7) is 2.94. The van der Waals surface area contributed by atoms with Crippen molar-refractivity contribution in [1.82, 2.24) is 15.5 Å². The lowest BCUT2D eigenvalue weighted by Crippen LogP contribution is -2.38. The molecule has 1 saturated heterocycles. The Morgan fingerprint density at radius 2 is 1.77 bits per heavy atom. The maximum Gasteiger partial charge on any atom is 0.222 e. The SMILES string of the molecule is CN=C(NCCc1ccccc1OC)NCc1ccccc1CN1CCCC1=O.I. The van der Waals surface area contributed by atoms with Crippen LogP contribution in [0, 0.1) is 0 Å². The second-order valence-electron chi connectivity index (χ2n) is 7.10. The van der Waals surface area contributed by atoms with Crippen molar-refractivity contribution >= 4 is 35.8 Å². The second kappa shape index (κ2) is 12.4. The van der Waals surface area contributed by atoms with E-state index < -0.39 is 0 Å². The summed E-state index contributed by atoms with van der Waals surface area (Å²) in [6.07, 6.45) is 2.48. The fourth-order valence-electron chi connectivity index (χ4n) is 3.59. The van der Waals surface area contributed by atoms with Crippen LogP contribution in [0.25, 0.3) is 0 Å². The first-order chi connectivity index (χ1) is 14.2. The van der Waals surface area contributed by atoms with Crippen LogP contribution in [0.15, 0.2) is 53.5 Å². The maximum atomic E-state index is 12.0. The van der Waals surface area contributed by atoms with Crippen molar-refractivity contribution in [1.29, 1.82) is 0 Å². The van der Waals surface area contributed by atoms with Crippen LogP contribution in [0.1, 0.15) is 29.5 Å². The van der Waals surface area contributed by atoms with Gasteiger partial charge in [0.2, 0.25) is 5.91 Å². The predicted octanol–water partition coefficient (Wildman–Crippen LogP) is 3.34. The number of methoxy groups -OCH3 is 1. The van der Waals surface area contributed by atoms with E-state index in [0.29, 0.717) is 19.5 Å². The van der Waals surface area contributed by atoms with Crippen LogP contribution in [0.3, 0.4) is 0 Å². The summed E-state index contributed by atoms with van der Waals surface area (Å²) < 4.78 is 5.41. The molecule has 7 heteroatoms. The summed E-state index contributed by atoms with van der Waals surface area (Å²) in [5, 5.41) is 6.74. The lowest BCUT2D eigenvalue weighted by Gasteiger charge is -2.19. The van der Waals surface area contributed by atoms with Crippen LogP contribution >= 0.6 is 24.0 Å². The molecule has 0 spiro atoms. The monoisotopic (exact) mass is 522 g/mol. The van der Waals surface area contributed by atoms with E-state index in [-0.39, 0.29) is 29.9 Å². The number of aliphatic imine (C=N–C) groups is 1. The van der Waals surface area contributed by atoms with E-state index in [1.165, 1.54) is 16.7 Å². The molecule has 0 atom stereocenters. The number of rotatable bonds is 8. The van der Waals surface area contributed by atoms with Gasteiger partial charge in [0.15, 0.2) is 5.96 Å².